The summed E-state index contributed by atoms with van der Waals surface area (Å²) >= 11 is 10.2. The van der Waals surface area contributed by atoms with Crippen molar-refractivity contribution in [3.8, 4) is 0 Å². The van der Waals surface area contributed by atoms with E-state index in [4.69, 9.17) is 38.3 Å². The molecule has 210 valence electrons. The van der Waals surface area contributed by atoms with Gasteiger partial charge in [-0.25, -0.2) is 0 Å². The molecule has 0 fully saturated rings. The Morgan fingerprint density at radius 1 is 0.784 bits per heavy atom. The van der Waals surface area contributed by atoms with Crippen LogP contribution >= 0.6 is 0 Å². The maximum atomic E-state index is 10.2. The van der Waals surface area contributed by atoms with Crippen molar-refractivity contribution in [1.29, 1.82) is 0 Å². The highest BCUT2D eigenvalue weighted by molar-refractivity contribution is 8.29. The van der Waals surface area contributed by atoms with E-state index in [1.54, 1.807) is 24.3 Å². The molecule has 37 heavy (non-hydrogen) atoms. The van der Waals surface area contributed by atoms with Crippen LogP contribution in [0.3, 0.4) is 0 Å². The zero-order chi connectivity index (χ0) is 28.8. The highest BCUT2D eigenvalue weighted by atomic mass is 32.8. The predicted molar refractivity (Wildman–Crippen MR) is 165 cm³/mol. The molecule has 0 aliphatic rings. The molecule has 0 amide bonds. The van der Waals surface area contributed by atoms with E-state index in [9.17, 15) is 15.0 Å². The third-order valence-corrected chi connectivity index (χ3v) is 11.3. The van der Waals surface area contributed by atoms with Gasteiger partial charge in [-0.2, -0.15) is 0 Å². The molecular formula is C26H42N2O5S4. The number of aliphatic hydroxyl groups is 4. The first-order chi connectivity index (χ1) is 17.1. The van der Waals surface area contributed by atoms with Crippen LogP contribution in [0.2, 0.25) is 0 Å². The van der Waals surface area contributed by atoms with Gasteiger partial charge in [0, 0.05) is 22.7 Å². The Morgan fingerprint density at radius 2 is 1.16 bits per heavy atom. The molecule has 2 unspecified atom stereocenters. The lowest BCUT2D eigenvalue weighted by atomic mass is 10.1. The SMILES string of the molecule is CS(=S)C(C)(C)C=O.CS(=S)C(C)(C)CNc1cc(CO)cc(CO)c1.Nc1cc(CO)cc(CO)c1. The molecule has 2 atom stereocenters. The summed E-state index contributed by atoms with van der Waals surface area (Å²) in [5, 5.41) is 39.2. The Balaban J connectivity index is 0.000000580. The van der Waals surface area contributed by atoms with E-state index < -0.39 is 0 Å². The lowest BCUT2D eigenvalue weighted by Crippen LogP contribution is -2.33. The van der Waals surface area contributed by atoms with Crippen molar-refractivity contribution >= 4 is 58.9 Å². The van der Waals surface area contributed by atoms with E-state index in [-0.39, 0.29) is 54.8 Å². The maximum Gasteiger partial charge on any atom is 0.135 e. The highest BCUT2D eigenvalue weighted by Gasteiger charge is 2.19. The first-order valence-electron chi connectivity index (χ1n) is 11.5. The van der Waals surface area contributed by atoms with Crippen LogP contribution in [0.15, 0.2) is 36.4 Å². The average Bonchev–Trinajstić information content (AvgIpc) is 2.87. The minimum Gasteiger partial charge on any atom is -0.399 e. The number of nitrogens with one attached hydrogen (secondary N) is 1. The van der Waals surface area contributed by atoms with Gasteiger partial charge in [-0.3, -0.25) is 0 Å². The molecule has 2 rings (SSSR count). The van der Waals surface area contributed by atoms with E-state index in [1.807, 2.05) is 32.2 Å². The molecule has 7 N–H and O–H groups in total. The van der Waals surface area contributed by atoms with Gasteiger partial charge in [0.1, 0.15) is 6.29 Å². The number of aldehydes is 1. The van der Waals surface area contributed by atoms with E-state index in [2.05, 4.69) is 25.4 Å². The number of hydrogen-bond acceptors (Lipinski definition) is 9. The Kier molecular flexibility index (Phi) is 16.7. The number of hydrogen-bond donors (Lipinski definition) is 6. The summed E-state index contributed by atoms with van der Waals surface area (Å²) in [5.41, 5.74) is 10.0. The van der Waals surface area contributed by atoms with Crippen LogP contribution in [0, 0.1) is 0 Å². The first-order valence-corrected chi connectivity index (χ1v) is 16.6. The van der Waals surface area contributed by atoms with Crippen molar-refractivity contribution in [2.24, 2.45) is 0 Å². The lowest BCUT2D eigenvalue weighted by molar-refractivity contribution is -0.109. The largest absolute Gasteiger partial charge is 0.399 e. The second-order valence-electron chi connectivity index (χ2n) is 9.50. The molecule has 0 aromatic heterocycles. The molecule has 0 heterocycles. The second kappa shape index (κ2) is 17.3. The van der Waals surface area contributed by atoms with Crippen LogP contribution in [0.5, 0.6) is 0 Å². The van der Waals surface area contributed by atoms with Crippen LogP contribution < -0.4 is 11.1 Å². The van der Waals surface area contributed by atoms with Crippen molar-refractivity contribution in [2.75, 3.05) is 30.1 Å². The quantitative estimate of drug-likeness (QED) is 0.182. The molecule has 0 aliphatic carbocycles. The molecule has 0 radical (unpaired) electrons. The Bertz CT molecular complexity index is 1000. The number of aliphatic hydroxyl groups excluding tert-OH is 4. The minimum absolute atomic E-state index is 0.0227. The van der Waals surface area contributed by atoms with Gasteiger partial charge in [-0.15, -0.1) is 18.9 Å². The summed E-state index contributed by atoms with van der Waals surface area (Å²) in [6, 6.07) is 10.7. The van der Waals surface area contributed by atoms with Gasteiger partial charge in [0.15, 0.2) is 0 Å². The van der Waals surface area contributed by atoms with Crippen LogP contribution in [0.25, 0.3) is 0 Å². The fourth-order valence-corrected chi connectivity index (χ4v) is 3.21. The minimum atomic E-state index is -0.296. The van der Waals surface area contributed by atoms with E-state index in [1.165, 1.54) is 0 Å². The van der Waals surface area contributed by atoms with Gasteiger partial charge in [-0.1, -0.05) is 34.5 Å². The predicted octanol–water partition coefficient (Wildman–Crippen LogP) is 2.50. The van der Waals surface area contributed by atoms with Crippen LogP contribution in [-0.2, 0) is 72.5 Å². The summed E-state index contributed by atoms with van der Waals surface area (Å²) in [6.07, 6.45) is 4.87. The van der Waals surface area contributed by atoms with Gasteiger partial charge in [0.25, 0.3) is 0 Å². The van der Waals surface area contributed by atoms with Crippen LogP contribution in [-0.4, -0.2) is 55.3 Å². The van der Waals surface area contributed by atoms with Crippen molar-refractivity contribution in [1.82, 2.24) is 0 Å². The third-order valence-electron chi connectivity index (χ3n) is 5.38. The Morgan fingerprint density at radius 3 is 1.43 bits per heavy atom. The van der Waals surface area contributed by atoms with Gasteiger partial charge in [0.05, 0.1) is 31.2 Å². The summed E-state index contributed by atoms with van der Waals surface area (Å²) in [7, 11) is -0.302. The highest BCUT2D eigenvalue weighted by Crippen LogP contribution is 2.18. The number of nitrogen functional groups attached to an aromatic ring is 1. The Hall–Kier alpha value is -1.31. The normalized spacial score (nSPS) is 12.8. The number of anilines is 2. The van der Waals surface area contributed by atoms with E-state index >= 15 is 0 Å². The number of carbonyl (C=O) groups is 1. The number of nitrogens with two attached hydrogens (primary N) is 1. The standard InChI is InChI=1S/C13H21NO2S2.C8H11NO2.C5H10OS2/c1-13(2,18(3)17)9-14-12-5-10(7-15)4-11(6-12)8-16;9-8-2-6(4-10)1-7(3-8)5-11;1-5(2,4-6)8(3)7/h4-6,14-16H,7-9H2,1-3H3;1-3,10-11H,4-5,9H2;4H,1-3H3. The fourth-order valence-electron chi connectivity index (χ4n) is 2.51. The van der Waals surface area contributed by atoms with Gasteiger partial charge >= 0.3 is 0 Å². The smallest absolute Gasteiger partial charge is 0.135 e. The third kappa shape index (κ3) is 13.9. The van der Waals surface area contributed by atoms with Crippen molar-refractivity contribution in [3.63, 3.8) is 0 Å². The maximum absolute atomic E-state index is 10.2. The molecule has 7 nitrogen and oxygen atoms in total. The topological polar surface area (TPSA) is 136 Å². The molecule has 0 saturated heterocycles. The summed E-state index contributed by atoms with van der Waals surface area (Å²) in [4.78, 5) is 10.2. The number of rotatable bonds is 10. The summed E-state index contributed by atoms with van der Waals surface area (Å²) in [6.45, 7) is 8.63. The molecule has 0 spiro atoms. The first kappa shape index (κ1) is 35.7. The van der Waals surface area contributed by atoms with Gasteiger partial charge in [-0.05, 0) is 86.7 Å². The molecule has 11 heteroatoms. The molecule has 2 aromatic rings. The zero-order valence-corrected chi connectivity index (χ0v) is 25.8. The fraction of sp³-hybridized carbons (Fsp3) is 0.500. The molecule has 0 saturated carbocycles. The van der Waals surface area contributed by atoms with Gasteiger partial charge in [0.2, 0.25) is 0 Å². The second-order valence-corrected chi connectivity index (χ2v) is 16.5. The van der Waals surface area contributed by atoms with Crippen molar-refractivity contribution in [3.05, 3.63) is 58.7 Å². The van der Waals surface area contributed by atoms with Crippen LogP contribution in [0.4, 0.5) is 11.4 Å². The van der Waals surface area contributed by atoms with Crippen molar-refractivity contribution < 1.29 is 25.2 Å². The zero-order valence-electron chi connectivity index (χ0n) is 22.5. The van der Waals surface area contributed by atoms with Crippen molar-refractivity contribution in [2.45, 2.75) is 63.6 Å². The lowest BCUT2D eigenvalue weighted by Gasteiger charge is -2.25. The number of carbonyl (C=O) groups excluding carboxylic acids is 1. The van der Waals surface area contributed by atoms with Crippen LogP contribution in [0.1, 0.15) is 49.9 Å². The van der Waals surface area contributed by atoms with E-state index in [0.29, 0.717) is 5.69 Å². The molecule has 2 aromatic carbocycles. The monoisotopic (exact) mass is 590 g/mol. The molecular weight excluding hydrogens is 549 g/mol. The van der Waals surface area contributed by atoms with E-state index in [0.717, 1.165) is 40.8 Å². The van der Waals surface area contributed by atoms with Gasteiger partial charge < -0.3 is 36.3 Å². The summed E-state index contributed by atoms with van der Waals surface area (Å²) in [5.74, 6) is 0. The average molecular weight is 591 g/mol. The Labute approximate surface area is 235 Å². The number of benzene rings is 2. The molecule has 0 aliphatic heterocycles. The summed E-state index contributed by atoms with van der Waals surface area (Å²) < 4.78 is -0.251. The molecule has 0 bridgehead atoms.